The van der Waals surface area contributed by atoms with Crippen molar-refractivity contribution in [2.24, 2.45) is 14.1 Å². The van der Waals surface area contributed by atoms with Gasteiger partial charge in [-0.25, -0.2) is 14.2 Å². The first-order chi connectivity index (χ1) is 24.9. The van der Waals surface area contributed by atoms with Crippen LogP contribution in [0.4, 0.5) is 4.79 Å². The summed E-state index contributed by atoms with van der Waals surface area (Å²) in [6.45, 7) is 23.2. The summed E-state index contributed by atoms with van der Waals surface area (Å²) < 4.78 is 25.1. The SMILES string of the molecule is Cc1nn(C)c(CN(CCOc2c(-c3ccc4c(c3)c(C#C[Si](C(C)C)(C(C)C)C(C)C)nn4C3CCCCO3)cnn2C)C(=O)OC(C)(C)C)c1I. The van der Waals surface area contributed by atoms with Gasteiger partial charge in [-0.15, -0.1) is 5.54 Å². The van der Waals surface area contributed by atoms with E-state index in [1.807, 2.05) is 57.4 Å². The molecule has 4 heterocycles. The quantitative estimate of drug-likeness (QED) is 0.0843. The van der Waals surface area contributed by atoms with Crippen molar-refractivity contribution in [1.29, 1.82) is 0 Å². The highest BCUT2D eigenvalue weighted by atomic mass is 127. The smallest absolute Gasteiger partial charge is 0.410 e. The molecule has 0 bridgehead atoms. The van der Waals surface area contributed by atoms with E-state index in [0.717, 1.165) is 68.6 Å². The second-order valence-corrected chi connectivity index (χ2v) is 22.9. The van der Waals surface area contributed by atoms with E-state index in [0.29, 0.717) is 35.6 Å². The Bertz CT molecular complexity index is 1950. The third-order valence-electron chi connectivity index (χ3n) is 10.4. The maximum absolute atomic E-state index is 13.4. The summed E-state index contributed by atoms with van der Waals surface area (Å²) in [4.78, 5) is 15.1. The number of hydrogen-bond acceptors (Lipinski definition) is 7. The first-order valence-corrected chi connectivity index (χ1v) is 22.2. The molecule has 11 nitrogen and oxygen atoms in total. The van der Waals surface area contributed by atoms with Crippen LogP contribution in [0.25, 0.3) is 22.0 Å². The molecule has 4 aromatic rings. The fraction of sp³-hybridized carbons (Fsp3) is 0.600. The molecule has 1 amide bonds. The molecule has 0 saturated carbocycles. The molecule has 3 aromatic heterocycles. The minimum Gasteiger partial charge on any atom is -0.476 e. The van der Waals surface area contributed by atoms with Crippen LogP contribution in [0.1, 0.15) is 105 Å². The first-order valence-electron chi connectivity index (χ1n) is 18.9. The normalized spacial score (nSPS) is 15.4. The molecule has 5 rings (SSSR count). The van der Waals surface area contributed by atoms with Crippen molar-refractivity contribution in [2.45, 2.75) is 123 Å². The molecule has 1 aliphatic heterocycles. The number of nitrogens with zero attached hydrogens (tertiary/aromatic N) is 7. The van der Waals surface area contributed by atoms with Gasteiger partial charge >= 0.3 is 6.09 Å². The van der Waals surface area contributed by atoms with Crippen molar-refractivity contribution in [3.8, 4) is 28.5 Å². The Hall–Kier alpha value is -3.35. The lowest BCUT2D eigenvalue weighted by molar-refractivity contribution is -0.0367. The lowest BCUT2D eigenvalue weighted by atomic mass is 10.1. The van der Waals surface area contributed by atoms with E-state index in [1.54, 1.807) is 9.58 Å². The largest absolute Gasteiger partial charge is 0.476 e. The zero-order valence-corrected chi connectivity index (χ0v) is 36.9. The predicted molar refractivity (Wildman–Crippen MR) is 222 cm³/mol. The molecule has 1 fully saturated rings. The number of aromatic nitrogens is 6. The number of benzene rings is 1. The molecular weight excluding hydrogens is 797 g/mol. The maximum Gasteiger partial charge on any atom is 0.410 e. The molecule has 1 unspecified atom stereocenters. The molecule has 1 atom stereocenters. The van der Waals surface area contributed by atoms with Crippen LogP contribution < -0.4 is 4.74 Å². The van der Waals surface area contributed by atoms with Gasteiger partial charge in [0.25, 0.3) is 0 Å². The predicted octanol–water partition coefficient (Wildman–Crippen LogP) is 9.17. The van der Waals surface area contributed by atoms with Crippen molar-refractivity contribution >= 4 is 47.7 Å². The van der Waals surface area contributed by atoms with Crippen LogP contribution in [0, 0.1) is 22.0 Å². The van der Waals surface area contributed by atoms with Crippen molar-refractivity contribution < 1.29 is 19.0 Å². The summed E-state index contributed by atoms with van der Waals surface area (Å²) in [6.07, 6.45) is 4.42. The van der Waals surface area contributed by atoms with Crippen molar-refractivity contribution in [2.75, 3.05) is 19.8 Å². The molecule has 1 saturated heterocycles. The Balaban J connectivity index is 1.49. The molecule has 0 N–H and O–H groups in total. The van der Waals surface area contributed by atoms with Gasteiger partial charge < -0.3 is 14.2 Å². The second-order valence-electron chi connectivity index (χ2n) is 16.2. The van der Waals surface area contributed by atoms with Crippen molar-refractivity contribution in [3.63, 3.8) is 0 Å². The highest BCUT2D eigenvalue weighted by Gasteiger charge is 2.42. The highest BCUT2D eigenvalue weighted by Crippen LogP contribution is 2.41. The van der Waals surface area contributed by atoms with Crippen LogP contribution in [0.2, 0.25) is 16.6 Å². The summed E-state index contributed by atoms with van der Waals surface area (Å²) >= 11 is 2.29. The minimum absolute atomic E-state index is 0.112. The summed E-state index contributed by atoms with van der Waals surface area (Å²) in [5, 5.41) is 15.3. The number of carbonyl (C=O) groups excluding carboxylic acids is 1. The Morgan fingerprint density at radius 1 is 1.08 bits per heavy atom. The third-order valence-corrected chi connectivity index (χ3v) is 18.1. The van der Waals surface area contributed by atoms with Gasteiger partial charge in [0, 0.05) is 26.1 Å². The molecule has 0 spiro atoms. The van der Waals surface area contributed by atoms with Crippen LogP contribution in [-0.4, -0.2) is 73.8 Å². The minimum atomic E-state index is -2.00. The zero-order chi connectivity index (χ0) is 38.8. The van der Waals surface area contributed by atoms with E-state index in [4.69, 9.17) is 19.3 Å². The lowest BCUT2D eigenvalue weighted by Crippen LogP contribution is -2.43. The van der Waals surface area contributed by atoms with Gasteiger partial charge in [0.2, 0.25) is 5.88 Å². The summed E-state index contributed by atoms with van der Waals surface area (Å²) in [6, 6.07) is 6.38. The number of hydrogen-bond donors (Lipinski definition) is 0. The maximum atomic E-state index is 13.4. The summed E-state index contributed by atoms with van der Waals surface area (Å²) in [5.41, 5.74) is 10.3. The van der Waals surface area contributed by atoms with E-state index in [2.05, 4.69) is 104 Å². The number of amides is 1. The zero-order valence-electron chi connectivity index (χ0n) is 33.7. The molecule has 0 aliphatic carbocycles. The molecular formula is C40H58IN7O4Si. The average molecular weight is 856 g/mol. The van der Waals surface area contributed by atoms with Crippen molar-refractivity contribution in [3.05, 3.63) is 45.0 Å². The number of ether oxygens (including phenoxy) is 3. The molecule has 13 heteroatoms. The monoisotopic (exact) mass is 855 g/mol. The fourth-order valence-corrected chi connectivity index (χ4v) is 13.6. The Morgan fingerprint density at radius 3 is 2.36 bits per heavy atom. The van der Waals surface area contributed by atoms with E-state index in [1.165, 1.54) is 0 Å². The van der Waals surface area contributed by atoms with Gasteiger partial charge in [0.1, 0.15) is 26.0 Å². The second kappa shape index (κ2) is 16.6. The Kier molecular flexibility index (Phi) is 12.8. The van der Waals surface area contributed by atoms with Gasteiger partial charge in [0.15, 0.2) is 6.23 Å². The van der Waals surface area contributed by atoms with Crippen LogP contribution in [-0.2, 0) is 30.1 Å². The molecule has 1 aliphatic rings. The topological polar surface area (TPSA) is 101 Å². The number of halogens is 1. The molecule has 53 heavy (non-hydrogen) atoms. The third kappa shape index (κ3) is 8.80. The van der Waals surface area contributed by atoms with Gasteiger partial charge in [-0.1, -0.05) is 53.5 Å². The highest BCUT2D eigenvalue weighted by molar-refractivity contribution is 14.1. The van der Waals surface area contributed by atoms with Crippen LogP contribution in [0.15, 0.2) is 24.4 Å². The van der Waals surface area contributed by atoms with Gasteiger partial charge in [-0.2, -0.15) is 15.3 Å². The number of aryl methyl sites for hydroxylation is 3. The van der Waals surface area contributed by atoms with Gasteiger partial charge in [0.05, 0.1) is 45.3 Å². The number of rotatable bonds is 11. The Labute approximate surface area is 330 Å². The van der Waals surface area contributed by atoms with E-state index in [-0.39, 0.29) is 12.8 Å². The van der Waals surface area contributed by atoms with Crippen molar-refractivity contribution in [1.82, 2.24) is 34.2 Å². The molecule has 1 aromatic carbocycles. The number of fused-ring (bicyclic) bond motifs is 1. The van der Waals surface area contributed by atoms with Crippen LogP contribution in [0.3, 0.4) is 0 Å². The average Bonchev–Trinajstić information content (AvgIpc) is 3.71. The molecule has 0 radical (unpaired) electrons. The van der Waals surface area contributed by atoms with E-state index >= 15 is 0 Å². The fourth-order valence-electron chi connectivity index (χ4n) is 7.78. The van der Waals surface area contributed by atoms with E-state index in [9.17, 15) is 4.79 Å². The molecule has 288 valence electrons. The number of carbonyl (C=O) groups is 1. The van der Waals surface area contributed by atoms with E-state index < -0.39 is 19.8 Å². The van der Waals surface area contributed by atoms with Crippen LogP contribution in [0.5, 0.6) is 5.88 Å². The van der Waals surface area contributed by atoms with Gasteiger partial charge in [-0.05, 0) is 104 Å². The summed E-state index contributed by atoms with van der Waals surface area (Å²) in [5.74, 6) is 4.26. The van der Waals surface area contributed by atoms with Crippen LogP contribution >= 0.6 is 22.6 Å². The Morgan fingerprint density at radius 2 is 1.77 bits per heavy atom. The first kappa shape index (κ1) is 40.8. The summed E-state index contributed by atoms with van der Waals surface area (Å²) in [7, 11) is 1.76. The standard InChI is InChI=1S/C40H58IN7O4Si/c1-26(2)53(27(3)4,28(5)6)22-18-33-31-23-30(16-17-34(31)48(44-33)36-15-13-14-20-50-36)32-24-42-46(12)38(32)51-21-19-47(39(49)52-40(8,9)10)25-35-37(41)29(7)43-45(35)11/h16-17,23-24,26-28,36H,13-15,19-21,25H2,1-12H3. The lowest BCUT2D eigenvalue weighted by Gasteiger charge is -2.38. The van der Waals surface area contributed by atoms with Gasteiger partial charge in [-0.3, -0.25) is 9.58 Å².